The zero-order chi connectivity index (χ0) is 15.2. The maximum atomic E-state index is 11.9. The van der Waals surface area contributed by atoms with Crippen LogP contribution in [0.25, 0.3) is 0 Å². The maximum Gasteiger partial charge on any atom is 0.319 e. The lowest BCUT2D eigenvalue weighted by Crippen LogP contribution is -2.51. The summed E-state index contributed by atoms with van der Waals surface area (Å²) in [5, 5.41) is 25.2. The highest BCUT2D eigenvalue weighted by Gasteiger charge is 2.27. The molecule has 7 nitrogen and oxygen atoms in total. The summed E-state index contributed by atoms with van der Waals surface area (Å²) >= 11 is 0. The minimum atomic E-state index is -0.648. The van der Waals surface area contributed by atoms with E-state index in [9.17, 15) is 20.0 Å². The molecule has 0 aromatic heterocycles. The van der Waals surface area contributed by atoms with Crippen LogP contribution >= 0.6 is 0 Å². The molecule has 0 atom stereocenters. The van der Waals surface area contributed by atoms with Crippen molar-refractivity contribution in [1.29, 1.82) is 0 Å². The van der Waals surface area contributed by atoms with Crippen LogP contribution in [0, 0.1) is 10.1 Å². The molecular weight excluding hydrogens is 262 g/mol. The molecule has 110 valence electrons. The number of aliphatic hydroxyl groups excluding tert-OH is 1. The molecule has 0 aliphatic heterocycles. The van der Waals surface area contributed by atoms with Gasteiger partial charge in [0.2, 0.25) is 0 Å². The molecule has 0 heterocycles. The van der Waals surface area contributed by atoms with Gasteiger partial charge >= 0.3 is 6.03 Å². The first-order valence-electron chi connectivity index (χ1n) is 6.41. The molecule has 1 aromatic carbocycles. The van der Waals surface area contributed by atoms with E-state index in [0.717, 1.165) is 0 Å². The van der Waals surface area contributed by atoms with Crippen molar-refractivity contribution >= 4 is 17.4 Å². The number of rotatable bonds is 6. The highest BCUT2D eigenvalue weighted by molar-refractivity contribution is 5.89. The van der Waals surface area contributed by atoms with E-state index in [1.807, 2.05) is 13.8 Å². The second kappa shape index (κ2) is 6.85. The molecule has 3 N–H and O–H groups in total. The molecule has 1 aromatic rings. The molecule has 0 spiro atoms. The molecule has 0 saturated heterocycles. The minimum Gasteiger partial charge on any atom is -0.394 e. The normalized spacial score (nSPS) is 10.9. The van der Waals surface area contributed by atoms with Crippen LogP contribution in [-0.2, 0) is 0 Å². The van der Waals surface area contributed by atoms with E-state index >= 15 is 0 Å². The van der Waals surface area contributed by atoms with Gasteiger partial charge in [-0.05, 0) is 25.0 Å². The number of non-ortho nitro benzene ring substituents is 1. The van der Waals surface area contributed by atoms with Gasteiger partial charge in [0.1, 0.15) is 0 Å². The molecule has 1 rings (SSSR count). The lowest BCUT2D eigenvalue weighted by atomic mass is 9.94. The van der Waals surface area contributed by atoms with Crippen LogP contribution in [-0.4, -0.2) is 28.2 Å². The fraction of sp³-hybridized carbons (Fsp3) is 0.462. The first kappa shape index (κ1) is 15.9. The van der Waals surface area contributed by atoms with Crippen LogP contribution in [0.15, 0.2) is 24.3 Å². The average molecular weight is 281 g/mol. The highest BCUT2D eigenvalue weighted by atomic mass is 16.6. The van der Waals surface area contributed by atoms with Crippen LogP contribution in [0.5, 0.6) is 0 Å². The number of hydrogen-bond acceptors (Lipinski definition) is 4. The summed E-state index contributed by atoms with van der Waals surface area (Å²) in [7, 11) is 0. The lowest BCUT2D eigenvalue weighted by molar-refractivity contribution is -0.384. The van der Waals surface area contributed by atoms with E-state index in [0.29, 0.717) is 18.5 Å². The third-order valence-corrected chi connectivity index (χ3v) is 3.37. The number of amides is 2. The van der Waals surface area contributed by atoms with E-state index in [-0.39, 0.29) is 12.3 Å². The molecule has 0 bridgehead atoms. The number of nitro groups is 1. The second-order valence-electron chi connectivity index (χ2n) is 4.53. The van der Waals surface area contributed by atoms with Crippen LogP contribution in [0.3, 0.4) is 0 Å². The number of nitrogens with zero attached hydrogens (tertiary/aromatic N) is 1. The quantitative estimate of drug-likeness (QED) is 0.549. The first-order chi connectivity index (χ1) is 9.46. The van der Waals surface area contributed by atoms with E-state index < -0.39 is 16.5 Å². The largest absolute Gasteiger partial charge is 0.394 e. The van der Waals surface area contributed by atoms with Gasteiger partial charge in [-0.2, -0.15) is 0 Å². The molecule has 0 unspecified atom stereocenters. The van der Waals surface area contributed by atoms with Gasteiger partial charge in [0.25, 0.3) is 5.69 Å². The Balaban J connectivity index is 2.68. The number of hydrogen-bond donors (Lipinski definition) is 3. The molecular formula is C13H19N3O4. The first-order valence-corrected chi connectivity index (χ1v) is 6.41. The van der Waals surface area contributed by atoms with E-state index in [1.54, 1.807) is 0 Å². The van der Waals surface area contributed by atoms with E-state index in [2.05, 4.69) is 10.6 Å². The summed E-state index contributed by atoms with van der Waals surface area (Å²) < 4.78 is 0. The Labute approximate surface area is 117 Å². The second-order valence-corrected chi connectivity index (χ2v) is 4.53. The van der Waals surface area contributed by atoms with Gasteiger partial charge in [0.05, 0.1) is 17.1 Å². The smallest absolute Gasteiger partial charge is 0.319 e. The van der Waals surface area contributed by atoms with Gasteiger partial charge < -0.3 is 15.7 Å². The number of nitro benzene ring substituents is 1. The summed E-state index contributed by atoms with van der Waals surface area (Å²) in [6, 6.07) is 5.09. The van der Waals surface area contributed by atoms with Gasteiger partial charge in [-0.25, -0.2) is 4.79 Å². The number of nitrogens with one attached hydrogen (secondary N) is 2. The average Bonchev–Trinajstić information content (AvgIpc) is 2.45. The molecule has 20 heavy (non-hydrogen) atoms. The predicted molar refractivity (Wildman–Crippen MR) is 75.6 cm³/mol. The number of benzene rings is 1. The van der Waals surface area contributed by atoms with Gasteiger partial charge in [-0.3, -0.25) is 10.1 Å². The number of carbonyl (C=O) groups is 1. The number of urea groups is 1. The van der Waals surface area contributed by atoms with Crippen molar-refractivity contribution in [3.63, 3.8) is 0 Å². The summed E-state index contributed by atoms with van der Waals surface area (Å²) in [4.78, 5) is 21.9. The fourth-order valence-corrected chi connectivity index (χ4v) is 1.76. The SMILES string of the molecule is CCC(CC)(CO)NC(=O)Nc1ccc([N+](=O)[O-])cc1. The van der Waals surface area contributed by atoms with Crippen molar-refractivity contribution in [1.82, 2.24) is 5.32 Å². The molecule has 0 aliphatic carbocycles. The zero-order valence-electron chi connectivity index (χ0n) is 11.5. The predicted octanol–water partition coefficient (Wildman–Crippen LogP) is 2.27. The van der Waals surface area contributed by atoms with E-state index in [4.69, 9.17) is 0 Å². The summed E-state index contributed by atoms with van der Waals surface area (Å²) in [6.07, 6.45) is 1.21. The molecule has 0 saturated carbocycles. The Kier molecular flexibility index (Phi) is 5.45. The Morgan fingerprint density at radius 1 is 1.30 bits per heavy atom. The van der Waals surface area contributed by atoms with Gasteiger partial charge in [-0.1, -0.05) is 13.8 Å². The van der Waals surface area contributed by atoms with Gasteiger partial charge in [-0.15, -0.1) is 0 Å². The summed E-state index contributed by atoms with van der Waals surface area (Å²) in [5.41, 5.74) is -0.236. The maximum absolute atomic E-state index is 11.9. The Morgan fingerprint density at radius 3 is 2.25 bits per heavy atom. The van der Waals surface area contributed by atoms with Crippen LogP contribution < -0.4 is 10.6 Å². The van der Waals surface area contributed by atoms with Gasteiger partial charge in [0, 0.05) is 17.8 Å². The standard InChI is InChI=1S/C13H19N3O4/c1-3-13(4-2,9-17)15-12(18)14-10-5-7-11(8-6-10)16(19)20/h5-8,17H,3-4,9H2,1-2H3,(H2,14,15,18). The topological polar surface area (TPSA) is 104 Å². The number of anilines is 1. The third-order valence-electron chi connectivity index (χ3n) is 3.37. The monoisotopic (exact) mass is 281 g/mol. The third kappa shape index (κ3) is 3.92. The van der Waals surface area contributed by atoms with E-state index in [1.165, 1.54) is 24.3 Å². The molecule has 0 fully saturated rings. The number of carbonyl (C=O) groups excluding carboxylic acids is 1. The highest BCUT2D eigenvalue weighted by Crippen LogP contribution is 2.17. The Hall–Kier alpha value is -2.15. The Bertz CT molecular complexity index is 461. The minimum absolute atomic E-state index is 0.0391. The van der Waals surface area contributed by atoms with Crippen molar-refractivity contribution < 1.29 is 14.8 Å². The van der Waals surface area contributed by atoms with Crippen molar-refractivity contribution in [2.75, 3.05) is 11.9 Å². The molecule has 2 amide bonds. The summed E-state index contributed by atoms with van der Waals surface area (Å²) in [6.45, 7) is 3.62. The molecule has 0 aliphatic rings. The van der Waals surface area contributed by atoms with Crippen molar-refractivity contribution in [3.8, 4) is 0 Å². The van der Waals surface area contributed by atoms with Crippen molar-refractivity contribution in [2.24, 2.45) is 0 Å². The van der Waals surface area contributed by atoms with Crippen molar-refractivity contribution in [2.45, 2.75) is 32.2 Å². The van der Waals surface area contributed by atoms with Gasteiger partial charge in [0.15, 0.2) is 0 Å². The van der Waals surface area contributed by atoms with Crippen LogP contribution in [0.1, 0.15) is 26.7 Å². The molecule has 7 heteroatoms. The van der Waals surface area contributed by atoms with Crippen LogP contribution in [0.2, 0.25) is 0 Å². The zero-order valence-corrected chi connectivity index (χ0v) is 11.5. The molecule has 0 radical (unpaired) electrons. The van der Waals surface area contributed by atoms with Crippen molar-refractivity contribution in [3.05, 3.63) is 34.4 Å². The Morgan fingerprint density at radius 2 is 1.85 bits per heavy atom. The summed E-state index contributed by atoms with van der Waals surface area (Å²) in [5.74, 6) is 0. The fourth-order valence-electron chi connectivity index (χ4n) is 1.76. The lowest BCUT2D eigenvalue weighted by Gasteiger charge is -2.30. The number of aliphatic hydroxyl groups is 1. The van der Waals surface area contributed by atoms with Crippen LogP contribution in [0.4, 0.5) is 16.2 Å².